The summed E-state index contributed by atoms with van der Waals surface area (Å²) >= 11 is 2.85. The number of aromatic amines is 1. The van der Waals surface area contributed by atoms with Gasteiger partial charge in [-0.1, -0.05) is 0 Å². The van der Waals surface area contributed by atoms with E-state index >= 15 is 0 Å². The number of benzene rings is 1. The van der Waals surface area contributed by atoms with Crippen LogP contribution >= 0.6 is 23.1 Å². The lowest BCUT2D eigenvalue weighted by Crippen LogP contribution is -2.23. The van der Waals surface area contributed by atoms with Crippen LogP contribution in [-0.2, 0) is 0 Å². The van der Waals surface area contributed by atoms with E-state index in [0.29, 0.717) is 23.0 Å². The average Bonchev–Trinajstić information content (AvgIpc) is 3.11. The number of thioether (sulfide) groups is 1. The summed E-state index contributed by atoms with van der Waals surface area (Å²) in [4.78, 5) is 22.8. The number of nitrogens with zero attached hydrogens (tertiary/aromatic N) is 2. The third kappa shape index (κ3) is 3.15. The molecule has 22 heavy (non-hydrogen) atoms. The standard InChI is InChI=1S/C13H12N4O3S2/c18-10-3-7-8(4-11(10)22-2-1-14-13(19)20)17-12(16-7)9-5-21-6-15-9/h3-6,14,18H,1-2H2,(H,16,17)(H,19,20). The van der Waals surface area contributed by atoms with Gasteiger partial charge in [0, 0.05) is 23.7 Å². The predicted molar refractivity (Wildman–Crippen MR) is 85.6 cm³/mol. The number of fused-ring (bicyclic) bond motifs is 1. The van der Waals surface area contributed by atoms with Crippen molar-refractivity contribution < 1.29 is 15.0 Å². The quantitative estimate of drug-likeness (QED) is 0.421. The van der Waals surface area contributed by atoms with Crippen LogP contribution in [0.15, 0.2) is 27.9 Å². The minimum atomic E-state index is -1.06. The van der Waals surface area contributed by atoms with Gasteiger partial charge in [0.15, 0.2) is 5.82 Å². The summed E-state index contributed by atoms with van der Waals surface area (Å²) in [6.45, 7) is 0.308. The lowest BCUT2D eigenvalue weighted by molar-refractivity contribution is 0.195. The molecule has 0 radical (unpaired) electrons. The summed E-state index contributed by atoms with van der Waals surface area (Å²) in [6, 6.07) is 3.40. The van der Waals surface area contributed by atoms with Gasteiger partial charge >= 0.3 is 6.09 Å². The maximum absolute atomic E-state index is 10.4. The highest BCUT2D eigenvalue weighted by Gasteiger charge is 2.11. The molecule has 4 N–H and O–H groups in total. The van der Waals surface area contributed by atoms with Crippen molar-refractivity contribution in [2.75, 3.05) is 12.3 Å². The predicted octanol–water partition coefficient (Wildman–Crippen LogP) is 2.75. The van der Waals surface area contributed by atoms with Gasteiger partial charge in [-0.3, -0.25) is 0 Å². The van der Waals surface area contributed by atoms with E-state index in [4.69, 9.17) is 5.11 Å². The highest BCUT2D eigenvalue weighted by atomic mass is 32.2. The lowest BCUT2D eigenvalue weighted by Gasteiger charge is -2.04. The van der Waals surface area contributed by atoms with Gasteiger partial charge in [0.25, 0.3) is 0 Å². The monoisotopic (exact) mass is 336 g/mol. The number of carbonyl (C=O) groups is 1. The molecule has 0 aliphatic heterocycles. The molecule has 0 aliphatic carbocycles. The Balaban J connectivity index is 1.80. The first kappa shape index (κ1) is 14.7. The second-order valence-electron chi connectivity index (χ2n) is 4.38. The number of amides is 1. The lowest BCUT2D eigenvalue weighted by atomic mass is 10.3. The number of nitrogens with one attached hydrogen (secondary N) is 2. The minimum absolute atomic E-state index is 0.140. The van der Waals surface area contributed by atoms with Gasteiger partial charge in [-0.2, -0.15) is 0 Å². The molecule has 3 aromatic rings. The van der Waals surface area contributed by atoms with Crippen LogP contribution < -0.4 is 5.32 Å². The van der Waals surface area contributed by atoms with Crippen molar-refractivity contribution in [2.45, 2.75) is 4.90 Å². The third-order valence-corrected chi connectivity index (χ3v) is 4.51. The van der Waals surface area contributed by atoms with E-state index in [-0.39, 0.29) is 5.75 Å². The first-order chi connectivity index (χ1) is 10.6. The Hall–Kier alpha value is -2.26. The molecule has 2 heterocycles. The largest absolute Gasteiger partial charge is 0.507 e. The zero-order valence-corrected chi connectivity index (χ0v) is 12.9. The van der Waals surface area contributed by atoms with Crippen LogP contribution in [-0.4, -0.2) is 43.6 Å². The highest BCUT2D eigenvalue weighted by molar-refractivity contribution is 7.99. The molecular weight excluding hydrogens is 324 g/mol. The number of imidazole rings is 1. The Labute approximate surface area is 133 Å². The molecule has 0 saturated heterocycles. The molecule has 0 atom stereocenters. The van der Waals surface area contributed by atoms with Gasteiger partial charge < -0.3 is 20.5 Å². The fourth-order valence-corrected chi connectivity index (χ4v) is 3.27. The molecule has 2 aromatic heterocycles. The van der Waals surface area contributed by atoms with Crippen LogP contribution in [0.1, 0.15) is 0 Å². The number of H-pyrrole nitrogens is 1. The normalized spacial score (nSPS) is 10.9. The highest BCUT2D eigenvalue weighted by Crippen LogP contribution is 2.32. The zero-order chi connectivity index (χ0) is 15.5. The molecule has 1 amide bonds. The first-order valence-corrected chi connectivity index (χ1v) is 8.27. The van der Waals surface area contributed by atoms with E-state index in [2.05, 4.69) is 20.3 Å². The van der Waals surface area contributed by atoms with Crippen molar-refractivity contribution in [3.8, 4) is 17.3 Å². The summed E-state index contributed by atoms with van der Waals surface area (Å²) in [5.74, 6) is 1.32. The molecule has 0 saturated carbocycles. The summed E-state index contributed by atoms with van der Waals surface area (Å²) in [6.07, 6.45) is -1.06. The molecule has 3 rings (SSSR count). The molecule has 0 bridgehead atoms. The Bertz CT molecular complexity index is 801. The van der Waals surface area contributed by atoms with Gasteiger partial charge in [0.2, 0.25) is 0 Å². The third-order valence-electron chi connectivity index (χ3n) is 2.87. The summed E-state index contributed by atoms with van der Waals surface area (Å²) < 4.78 is 0. The zero-order valence-electron chi connectivity index (χ0n) is 11.2. The van der Waals surface area contributed by atoms with Gasteiger partial charge in [0.05, 0.1) is 21.4 Å². The average molecular weight is 336 g/mol. The molecule has 0 fully saturated rings. The number of carboxylic acid groups (broad SMARTS) is 1. The van der Waals surface area contributed by atoms with Crippen LogP contribution in [0.4, 0.5) is 4.79 Å². The minimum Gasteiger partial charge on any atom is -0.507 e. The number of phenolic OH excluding ortho intramolecular Hbond substituents is 1. The van der Waals surface area contributed by atoms with E-state index in [1.54, 1.807) is 17.6 Å². The van der Waals surface area contributed by atoms with Gasteiger partial charge in [-0.05, 0) is 6.07 Å². The summed E-state index contributed by atoms with van der Waals surface area (Å²) in [5, 5.41) is 22.7. The van der Waals surface area contributed by atoms with Gasteiger partial charge in [0.1, 0.15) is 11.4 Å². The van der Waals surface area contributed by atoms with Gasteiger partial charge in [-0.25, -0.2) is 14.8 Å². The first-order valence-electron chi connectivity index (χ1n) is 6.34. The Morgan fingerprint density at radius 3 is 3.05 bits per heavy atom. The SMILES string of the molecule is O=C(O)NCCSc1cc2nc(-c3cscn3)[nH]c2cc1O. The second-order valence-corrected chi connectivity index (χ2v) is 6.23. The van der Waals surface area contributed by atoms with E-state index in [1.165, 1.54) is 23.1 Å². The van der Waals surface area contributed by atoms with E-state index in [0.717, 1.165) is 16.7 Å². The number of phenols is 1. The number of hydrogen-bond acceptors (Lipinski definition) is 6. The van der Waals surface area contributed by atoms with Crippen molar-refractivity contribution in [1.29, 1.82) is 0 Å². The van der Waals surface area contributed by atoms with Crippen LogP contribution in [0.5, 0.6) is 5.75 Å². The Morgan fingerprint density at radius 2 is 2.32 bits per heavy atom. The van der Waals surface area contributed by atoms with Crippen LogP contribution in [0, 0.1) is 0 Å². The number of hydrogen-bond donors (Lipinski definition) is 4. The van der Waals surface area contributed by atoms with Gasteiger partial charge in [-0.15, -0.1) is 23.1 Å². The molecule has 114 valence electrons. The van der Waals surface area contributed by atoms with E-state index in [9.17, 15) is 9.90 Å². The van der Waals surface area contributed by atoms with Crippen LogP contribution in [0.2, 0.25) is 0 Å². The van der Waals surface area contributed by atoms with Crippen LogP contribution in [0.3, 0.4) is 0 Å². The Morgan fingerprint density at radius 1 is 1.45 bits per heavy atom. The topological polar surface area (TPSA) is 111 Å². The molecule has 1 aromatic carbocycles. The number of aromatic hydroxyl groups is 1. The maximum Gasteiger partial charge on any atom is 0.404 e. The summed E-state index contributed by atoms with van der Waals surface area (Å²) in [5.41, 5.74) is 3.96. The molecule has 7 nitrogen and oxygen atoms in total. The summed E-state index contributed by atoms with van der Waals surface area (Å²) in [7, 11) is 0. The van der Waals surface area contributed by atoms with Crippen molar-refractivity contribution in [1.82, 2.24) is 20.3 Å². The second kappa shape index (κ2) is 6.24. The van der Waals surface area contributed by atoms with Crippen molar-refractivity contribution in [3.63, 3.8) is 0 Å². The van der Waals surface area contributed by atoms with Crippen molar-refractivity contribution >= 4 is 40.2 Å². The smallest absolute Gasteiger partial charge is 0.404 e. The fourth-order valence-electron chi connectivity index (χ4n) is 1.91. The molecule has 0 unspecified atom stereocenters. The van der Waals surface area contributed by atoms with Crippen molar-refractivity contribution in [3.05, 3.63) is 23.0 Å². The van der Waals surface area contributed by atoms with Crippen LogP contribution in [0.25, 0.3) is 22.6 Å². The maximum atomic E-state index is 10.4. The number of aromatic nitrogens is 3. The van der Waals surface area contributed by atoms with E-state index in [1.807, 2.05) is 5.38 Å². The number of thiazole rings is 1. The fraction of sp³-hybridized carbons (Fsp3) is 0.154. The van der Waals surface area contributed by atoms with Crippen molar-refractivity contribution in [2.24, 2.45) is 0 Å². The Kier molecular flexibility index (Phi) is 4.16. The molecule has 0 aliphatic rings. The molecular formula is C13H12N4O3S2. The molecule has 9 heteroatoms. The molecule has 0 spiro atoms. The number of rotatable bonds is 5. The van der Waals surface area contributed by atoms with E-state index < -0.39 is 6.09 Å².